The van der Waals surface area contributed by atoms with Crippen molar-refractivity contribution in [3.8, 4) is 5.75 Å². The number of aliphatic imine (C=N–C) groups is 1. The molecule has 0 radical (unpaired) electrons. The summed E-state index contributed by atoms with van der Waals surface area (Å²) in [6.45, 7) is 0. The van der Waals surface area contributed by atoms with Gasteiger partial charge in [0.25, 0.3) is 5.91 Å². The van der Waals surface area contributed by atoms with E-state index in [4.69, 9.17) is 4.74 Å². The largest absolute Gasteiger partial charge is 0.497 e. The number of hydrogen-bond acceptors (Lipinski definition) is 6. The van der Waals surface area contributed by atoms with Crippen LogP contribution in [-0.4, -0.2) is 23.2 Å². The van der Waals surface area contributed by atoms with Crippen molar-refractivity contribution >= 4 is 55.6 Å². The third kappa shape index (κ3) is 3.42. The summed E-state index contributed by atoms with van der Waals surface area (Å²) in [5.41, 5.74) is 1.84. The summed E-state index contributed by atoms with van der Waals surface area (Å²) in [6, 6.07) is 15.4. The molecule has 0 atom stereocenters. The Balaban J connectivity index is 1.57. The number of nitrogens with one attached hydrogen (secondary N) is 1. The molecule has 1 N–H and O–H groups in total. The lowest BCUT2D eigenvalue weighted by atomic mass is 10.2. The molecule has 4 rings (SSSR count). The highest BCUT2D eigenvalue weighted by atomic mass is 32.2. The Morgan fingerprint density at radius 3 is 2.72 bits per heavy atom. The second-order valence-corrected chi connectivity index (χ2v) is 7.26. The highest BCUT2D eigenvalue weighted by Crippen LogP contribution is 2.32. The van der Waals surface area contributed by atoms with Gasteiger partial charge in [-0.05, 0) is 47.7 Å². The van der Waals surface area contributed by atoms with Gasteiger partial charge in [0.2, 0.25) is 5.13 Å². The zero-order valence-electron chi connectivity index (χ0n) is 13.2. The minimum atomic E-state index is -0.152. The second kappa shape index (κ2) is 6.70. The van der Waals surface area contributed by atoms with Crippen molar-refractivity contribution in [3.63, 3.8) is 0 Å². The SMILES string of the molecule is COc1ccc(C=C2SC(=Nc3nc4ccccc4s3)NC2=O)cc1. The number of amidine groups is 1. The van der Waals surface area contributed by atoms with E-state index in [1.54, 1.807) is 7.11 Å². The third-order valence-corrected chi connectivity index (χ3v) is 5.38. The van der Waals surface area contributed by atoms with Crippen LogP contribution in [0.15, 0.2) is 58.4 Å². The molecule has 0 aliphatic carbocycles. The van der Waals surface area contributed by atoms with Crippen LogP contribution in [0.1, 0.15) is 5.56 Å². The van der Waals surface area contributed by atoms with Crippen LogP contribution in [0.3, 0.4) is 0 Å². The van der Waals surface area contributed by atoms with Crippen molar-refractivity contribution in [3.05, 3.63) is 59.0 Å². The van der Waals surface area contributed by atoms with Gasteiger partial charge in [-0.1, -0.05) is 35.6 Å². The highest BCUT2D eigenvalue weighted by molar-refractivity contribution is 8.18. The van der Waals surface area contributed by atoms with Crippen LogP contribution in [0.25, 0.3) is 16.3 Å². The first-order valence-electron chi connectivity index (χ1n) is 7.50. The van der Waals surface area contributed by atoms with Gasteiger partial charge in [-0.15, -0.1) is 0 Å². The van der Waals surface area contributed by atoms with Gasteiger partial charge in [0, 0.05) is 0 Å². The summed E-state index contributed by atoms with van der Waals surface area (Å²) >= 11 is 2.81. The van der Waals surface area contributed by atoms with E-state index in [-0.39, 0.29) is 5.91 Å². The van der Waals surface area contributed by atoms with Crippen LogP contribution in [0, 0.1) is 0 Å². The molecule has 0 unspecified atom stereocenters. The maximum Gasteiger partial charge on any atom is 0.264 e. The van der Waals surface area contributed by atoms with Crippen LogP contribution < -0.4 is 10.1 Å². The Morgan fingerprint density at radius 1 is 1.16 bits per heavy atom. The summed E-state index contributed by atoms with van der Waals surface area (Å²) in [6.07, 6.45) is 1.83. The van der Waals surface area contributed by atoms with Crippen molar-refractivity contribution in [2.75, 3.05) is 7.11 Å². The second-order valence-electron chi connectivity index (χ2n) is 5.22. The van der Waals surface area contributed by atoms with Gasteiger partial charge < -0.3 is 10.1 Å². The molecule has 2 aromatic carbocycles. The molecule has 3 aromatic rings. The smallest absolute Gasteiger partial charge is 0.264 e. The number of hydrogen-bond donors (Lipinski definition) is 1. The van der Waals surface area contributed by atoms with Gasteiger partial charge in [0.1, 0.15) is 5.75 Å². The maximum absolute atomic E-state index is 12.2. The van der Waals surface area contributed by atoms with Crippen LogP contribution in [-0.2, 0) is 4.79 Å². The van der Waals surface area contributed by atoms with Gasteiger partial charge in [-0.3, -0.25) is 4.79 Å². The summed E-state index contributed by atoms with van der Waals surface area (Å²) in [7, 11) is 1.62. The van der Waals surface area contributed by atoms with E-state index in [1.165, 1.54) is 23.1 Å². The molecule has 7 heteroatoms. The molecule has 5 nitrogen and oxygen atoms in total. The number of para-hydroxylation sites is 1. The molecule has 25 heavy (non-hydrogen) atoms. The average Bonchev–Trinajstić information content (AvgIpc) is 3.18. The highest BCUT2D eigenvalue weighted by Gasteiger charge is 2.24. The predicted molar refractivity (Wildman–Crippen MR) is 103 cm³/mol. The van der Waals surface area contributed by atoms with Crippen molar-refractivity contribution < 1.29 is 9.53 Å². The number of methoxy groups -OCH3 is 1. The average molecular weight is 367 g/mol. The topological polar surface area (TPSA) is 63.6 Å². The maximum atomic E-state index is 12.2. The van der Waals surface area contributed by atoms with E-state index >= 15 is 0 Å². The Bertz CT molecular complexity index is 974. The molecular weight excluding hydrogens is 354 g/mol. The minimum Gasteiger partial charge on any atom is -0.497 e. The standard InChI is InChI=1S/C18H13N3O2S2/c1-23-12-8-6-11(7-9-12)10-15-16(22)20-18(25-15)21-17-19-13-4-2-3-5-14(13)24-17/h2-10H,1H3,(H,19,20,21,22). The van der Waals surface area contributed by atoms with E-state index in [9.17, 15) is 4.79 Å². The number of aromatic nitrogens is 1. The number of nitrogens with zero attached hydrogens (tertiary/aromatic N) is 2. The quantitative estimate of drug-likeness (QED) is 0.705. The Labute approximate surface area is 152 Å². The molecule has 0 spiro atoms. The van der Waals surface area contributed by atoms with Gasteiger partial charge in [-0.25, -0.2) is 4.98 Å². The summed E-state index contributed by atoms with van der Waals surface area (Å²) in [5, 5.41) is 3.97. The fourth-order valence-electron chi connectivity index (χ4n) is 2.33. The molecule has 1 fully saturated rings. The normalized spacial score (nSPS) is 17.4. The molecule has 124 valence electrons. The Hall–Kier alpha value is -2.64. The minimum absolute atomic E-state index is 0.152. The molecule has 1 aliphatic heterocycles. The monoisotopic (exact) mass is 367 g/mol. The van der Waals surface area contributed by atoms with Gasteiger partial charge >= 0.3 is 0 Å². The fourth-order valence-corrected chi connectivity index (χ4v) is 4.05. The fraction of sp³-hybridized carbons (Fsp3) is 0.0556. The number of fused-ring (bicyclic) bond motifs is 1. The van der Waals surface area contributed by atoms with E-state index in [2.05, 4.69) is 15.3 Å². The zero-order chi connectivity index (χ0) is 17.2. The lowest BCUT2D eigenvalue weighted by Gasteiger charge is -1.99. The van der Waals surface area contributed by atoms with Crippen molar-refractivity contribution in [1.82, 2.24) is 10.3 Å². The van der Waals surface area contributed by atoms with E-state index < -0.39 is 0 Å². The molecule has 1 saturated heterocycles. The molecule has 1 aliphatic rings. The predicted octanol–water partition coefficient (Wildman–Crippen LogP) is 4.20. The lowest BCUT2D eigenvalue weighted by Crippen LogP contribution is -2.19. The number of carbonyl (C=O) groups is 1. The first kappa shape index (κ1) is 15.9. The van der Waals surface area contributed by atoms with Gasteiger partial charge in [0.05, 0.1) is 22.2 Å². The summed E-state index contributed by atoms with van der Waals surface area (Å²) < 4.78 is 6.21. The number of thiazole rings is 1. The summed E-state index contributed by atoms with van der Waals surface area (Å²) in [4.78, 5) is 21.7. The Kier molecular flexibility index (Phi) is 4.25. The van der Waals surface area contributed by atoms with Crippen LogP contribution in [0.5, 0.6) is 5.75 Å². The van der Waals surface area contributed by atoms with E-state index in [1.807, 2.05) is 54.6 Å². The third-order valence-electron chi connectivity index (χ3n) is 3.54. The zero-order valence-corrected chi connectivity index (χ0v) is 14.9. The molecule has 1 aromatic heterocycles. The first-order chi connectivity index (χ1) is 12.2. The molecule has 0 saturated carbocycles. The number of benzene rings is 2. The molecule has 1 amide bonds. The van der Waals surface area contributed by atoms with Crippen molar-refractivity contribution in [2.24, 2.45) is 4.99 Å². The first-order valence-corrected chi connectivity index (χ1v) is 9.14. The van der Waals surface area contributed by atoms with Crippen LogP contribution in [0.4, 0.5) is 5.13 Å². The van der Waals surface area contributed by atoms with Gasteiger partial charge in [0.15, 0.2) is 5.17 Å². The van der Waals surface area contributed by atoms with Crippen molar-refractivity contribution in [1.29, 1.82) is 0 Å². The van der Waals surface area contributed by atoms with Crippen molar-refractivity contribution in [2.45, 2.75) is 0 Å². The number of rotatable bonds is 3. The summed E-state index contributed by atoms with van der Waals surface area (Å²) in [5.74, 6) is 0.629. The van der Waals surface area contributed by atoms with E-state index in [0.29, 0.717) is 15.2 Å². The number of ether oxygens (including phenoxy) is 1. The number of amides is 1. The molecular formula is C18H13N3O2S2. The number of carbonyl (C=O) groups excluding carboxylic acids is 1. The van der Waals surface area contributed by atoms with Crippen LogP contribution in [0.2, 0.25) is 0 Å². The number of thioether (sulfide) groups is 1. The lowest BCUT2D eigenvalue weighted by molar-refractivity contribution is -0.115. The van der Waals surface area contributed by atoms with Crippen LogP contribution >= 0.6 is 23.1 Å². The Morgan fingerprint density at radius 2 is 1.96 bits per heavy atom. The van der Waals surface area contributed by atoms with Gasteiger partial charge in [-0.2, -0.15) is 4.99 Å². The molecule has 2 heterocycles. The van der Waals surface area contributed by atoms with E-state index in [0.717, 1.165) is 21.5 Å². The molecule has 0 bridgehead atoms.